The van der Waals surface area contributed by atoms with Gasteiger partial charge in [-0.3, -0.25) is 4.79 Å². The second kappa shape index (κ2) is 4.94. The van der Waals surface area contributed by atoms with E-state index in [1.165, 1.54) is 0 Å². The van der Waals surface area contributed by atoms with Crippen LogP contribution in [0.1, 0.15) is 33.6 Å². The molecule has 1 aliphatic carbocycles. The van der Waals surface area contributed by atoms with E-state index in [-0.39, 0.29) is 11.5 Å². The van der Waals surface area contributed by atoms with Crippen molar-refractivity contribution in [2.45, 2.75) is 44.9 Å². The highest BCUT2D eigenvalue weighted by Gasteiger charge is 2.47. The van der Waals surface area contributed by atoms with Gasteiger partial charge in [0.1, 0.15) is 5.75 Å². The predicted octanol–water partition coefficient (Wildman–Crippen LogP) is 0.0532. The molecule has 1 fully saturated rings. The van der Waals surface area contributed by atoms with Crippen LogP contribution in [0.3, 0.4) is 0 Å². The summed E-state index contributed by atoms with van der Waals surface area (Å²) in [7, 11) is -3.44. The van der Waals surface area contributed by atoms with Gasteiger partial charge in [0.15, 0.2) is 9.84 Å². The monoisotopic (exact) mass is 262 g/mol. The summed E-state index contributed by atoms with van der Waals surface area (Å²) in [6.07, 6.45) is 1.44. The van der Waals surface area contributed by atoms with Crippen LogP contribution in [0.5, 0.6) is 0 Å². The van der Waals surface area contributed by atoms with E-state index in [2.05, 4.69) is 19.2 Å². The molecule has 5 nitrogen and oxygen atoms in total. The number of primary amides is 1. The Bertz CT molecular complexity index is 390. The normalized spacial score (nSPS) is 28.2. The second-order valence-corrected chi connectivity index (χ2v) is 7.59. The SMILES string of the molecule is CCNC1C(S(=O)(=O)CC(N)=O)CCC1(C)C. The number of nitrogens with two attached hydrogens (primary N) is 1. The van der Waals surface area contributed by atoms with E-state index in [0.717, 1.165) is 13.0 Å². The standard InChI is InChI=1S/C11H22N2O3S/c1-4-13-10-8(5-6-11(10,2)3)17(15,16)7-9(12)14/h8,10,13H,4-7H2,1-3H3,(H2,12,14). The van der Waals surface area contributed by atoms with E-state index >= 15 is 0 Å². The third-order valence-electron chi connectivity index (χ3n) is 3.52. The third kappa shape index (κ3) is 3.19. The van der Waals surface area contributed by atoms with Crippen LogP contribution in [0.15, 0.2) is 0 Å². The van der Waals surface area contributed by atoms with Gasteiger partial charge >= 0.3 is 0 Å². The van der Waals surface area contributed by atoms with Gasteiger partial charge in [0.2, 0.25) is 5.91 Å². The fourth-order valence-corrected chi connectivity index (χ4v) is 4.63. The fraction of sp³-hybridized carbons (Fsp3) is 0.909. The molecule has 1 saturated carbocycles. The van der Waals surface area contributed by atoms with Crippen LogP contribution in [0.2, 0.25) is 0 Å². The highest BCUT2D eigenvalue weighted by atomic mass is 32.2. The Labute approximate surface area is 103 Å². The average molecular weight is 262 g/mol. The zero-order chi connectivity index (χ0) is 13.3. The molecule has 2 atom stereocenters. The minimum Gasteiger partial charge on any atom is -0.369 e. The molecule has 0 aromatic rings. The molecule has 100 valence electrons. The smallest absolute Gasteiger partial charge is 0.232 e. The maximum absolute atomic E-state index is 12.1. The van der Waals surface area contributed by atoms with E-state index in [1.807, 2.05) is 6.92 Å². The van der Waals surface area contributed by atoms with Gasteiger partial charge in [-0.1, -0.05) is 20.8 Å². The first-order valence-electron chi connectivity index (χ1n) is 5.94. The Morgan fingerprint density at radius 3 is 2.53 bits per heavy atom. The Balaban J connectivity index is 2.94. The summed E-state index contributed by atoms with van der Waals surface area (Å²) in [6.45, 7) is 6.78. The molecule has 2 unspecified atom stereocenters. The first-order chi connectivity index (χ1) is 7.70. The maximum Gasteiger partial charge on any atom is 0.232 e. The zero-order valence-electron chi connectivity index (χ0n) is 10.7. The molecule has 0 heterocycles. The minimum atomic E-state index is -3.44. The van der Waals surface area contributed by atoms with Gasteiger partial charge in [0, 0.05) is 6.04 Å². The summed E-state index contributed by atoms with van der Waals surface area (Å²) in [4.78, 5) is 10.8. The van der Waals surface area contributed by atoms with Crippen LogP contribution in [-0.4, -0.2) is 37.9 Å². The van der Waals surface area contributed by atoms with Crippen molar-refractivity contribution >= 4 is 15.7 Å². The second-order valence-electron chi connectivity index (χ2n) is 5.37. The number of hydrogen-bond donors (Lipinski definition) is 2. The summed E-state index contributed by atoms with van der Waals surface area (Å²) in [6, 6.07) is -0.100. The Kier molecular flexibility index (Phi) is 4.19. The number of carbonyl (C=O) groups is 1. The lowest BCUT2D eigenvalue weighted by Crippen LogP contribution is -2.48. The number of hydrogen-bond acceptors (Lipinski definition) is 4. The van der Waals surface area contributed by atoms with Crippen molar-refractivity contribution < 1.29 is 13.2 Å². The van der Waals surface area contributed by atoms with Gasteiger partial charge in [-0.25, -0.2) is 8.42 Å². The molecule has 0 bridgehead atoms. The lowest BCUT2D eigenvalue weighted by molar-refractivity contribution is -0.115. The van der Waals surface area contributed by atoms with E-state index in [1.54, 1.807) is 0 Å². The van der Waals surface area contributed by atoms with Crippen molar-refractivity contribution in [1.82, 2.24) is 5.32 Å². The van der Waals surface area contributed by atoms with Gasteiger partial charge < -0.3 is 11.1 Å². The molecule has 0 aliphatic heterocycles. The van der Waals surface area contributed by atoms with Crippen LogP contribution in [0, 0.1) is 5.41 Å². The highest BCUT2D eigenvalue weighted by Crippen LogP contribution is 2.40. The van der Waals surface area contributed by atoms with E-state index in [0.29, 0.717) is 6.42 Å². The van der Waals surface area contributed by atoms with E-state index in [4.69, 9.17) is 5.73 Å². The van der Waals surface area contributed by atoms with Gasteiger partial charge in [-0.05, 0) is 24.8 Å². The summed E-state index contributed by atoms with van der Waals surface area (Å²) in [5, 5.41) is 2.74. The number of carbonyl (C=O) groups excluding carboxylic acids is 1. The molecule has 6 heteroatoms. The van der Waals surface area contributed by atoms with Crippen molar-refractivity contribution in [3.8, 4) is 0 Å². The van der Waals surface area contributed by atoms with Gasteiger partial charge in [-0.15, -0.1) is 0 Å². The van der Waals surface area contributed by atoms with Crippen molar-refractivity contribution in [3.05, 3.63) is 0 Å². The van der Waals surface area contributed by atoms with Crippen molar-refractivity contribution in [1.29, 1.82) is 0 Å². The molecule has 1 aliphatic rings. The van der Waals surface area contributed by atoms with Gasteiger partial charge in [0.05, 0.1) is 5.25 Å². The van der Waals surface area contributed by atoms with E-state index < -0.39 is 26.7 Å². The number of nitrogens with one attached hydrogen (secondary N) is 1. The molecular formula is C11H22N2O3S. The molecule has 1 rings (SSSR count). The number of sulfone groups is 1. The topological polar surface area (TPSA) is 89.3 Å². The highest BCUT2D eigenvalue weighted by molar-refractivity contribution is 7.92. The third-order valence-corrected chi connectivity index (χ3v) is 5.63. The molecule has 0 radical (unpaired) electrons. The van der Waals surface area contributed by atoms with Crippen LogP contribution < -0.4 is 11.1 Å². The first kappa shape index (κ1) is 14.4. The summed E-state index contributed by atoms with van der Waals surface area (Å²) in [5.41, 5.74) is 4.93. The van der Waals surface area contributed by atoms with Gasteiger partial charge in [0.25, 0.3) is 0 Å². The molecule has 3 N–H and O–H groups in total. The Morgan fingerprint density at radius 2 is 2.06 bits per heavy atom. The molecule has 1 amide bonds. The molecule has 0 saturated heterocycles. The van der Waals surface area contributed by atoms with Crippen molar-refractivity contribution in [2.75, 3.05) is 12.3 Å². The van der Waals surface area contributed by atoms with Crippen molar-refractivity contribution in [2.24, 2.45) is 11.1 Å². The van der Waals surface area contributed by atoms with Crippen LogP contribution in [0.4, 0.5) is 0 Å². The van der Waals surface area contributed by atoms with Crippen LogP contribution >= 0.6 is 0 Å². The fourth-order valence-electron chi connectivity index (χ4n) is 2.66. The molecule has 0 spiro atoms. The number of rotatable bonds is 5. The lowest BCUT2D eigenvalue weighted by Gasteiger charge is -2.31. The first-order valence-corrected chi connectivity index (χ1v) is 7.65. The largest absolute Gasteiger partial charge is 0.369 e. The predicted molar refractivity (Wildman–Crippen MR) is 67.2 cm³/mol. The average Bonchev–Trinajstić information content (AvgIpc) is 2.41. The van der Waals surface area contributed by atoms with E-state index in [9.17, 15) is 13.2 Å². The zero-order valence-corrected chi connectivity index (χ0v) is 11.5. The molecule has 17 heavy (non-hydrogen) atoms. The molecule has 0 aromatic heterocycles. The quantitative estimate of drug-likeness (QED) is 0.733. The summed E-state index contributed by atoms with van der Waals surface area (Å²) in [5.74, 6) is -1.32. The van der Waals surface area contributed by atoms with Crippen molar-refractivity contribution in [3.63, 3.8) is 0 Å². The molecule has 0 aromatic carbocycles. The Morgan fingerprint density at radius 1 is 1.47 bits per heavy atom. The summed E-state index contributed by atoms with van der Waals surface area (Å²) >= 11 is 0. The van der Waals surface area contributed by atoms with Gasteiger partial charge in [-0.2, -0.15) is 0 Å². The Hall–Kier alpha value is -0.620. The summed E-state index contributed by atoms with van der Waals surface area (Å²) < 4.78 is 24.2. The maximum atomic E-state index is 12.1. The minimum absolute atomic E-state index is 0.0641. The molecular weight excluding hydrogens is 240 g/mol. The lowest BCUT2D eigenvalue weighted by atomic mass is 9.87. The van der Waals surface area contributed by atoms with Crippen LogP contribution in [0.25, 0.3) is 0 Å². The van der Waals surface area contributed by atoms with Crippen LogP contribution in [-0.2, 0) is 14.6 Å². The number of amides is 1.